The number of phenols is 1. The molecule has 0 saturated heterocycles. The number of benzene rings is 1. The summed E-state index contributed by atoms with van der Waals surface area (Å²) in [5.41, 5.74) is 7.07. The first-order chi connectivity index (χ1) is 7.56. The van der Waals surface area contributed by atoms with Crippen LogP contribution in [0.25, 0.3) is 0 Å². The molecule has 1 aromatic rings. The van der Waals surface area contributed by atoms with Crippen LogP contribution < -0.4 is 5.73 Å². The third-order valence-corrected chi connectivity index (χ3v) is 2.33. The first-order valence-corrected chi connectivity index (χ1v) is 4.95. The Morgan fingerprint density at radius 2 is 2.25 bits per heavy atom. The van der Waals surface area contributed by atoms with Gasteiger partial charge in [0, 0.05) is 11.6 Å². The summed E-state index contributed by atoms with van der Waals surface area (Å²) in [4.78, 5) is 10.6. The van der Waals surface area contributed by atoms with Gasteiger partial charge in [-0.2, -0.15) is 0 Å². The van der Waals surface area contributed by atoms with E-state index in [0.29, 0.717) is 17.5 Å². The van der Waals surface area contributed by atoms with E-state index in [1.165, 1.54) is 0 Å². The molecular formula is C12H15NO3. The zero-order chi connectivity index (χ0) is 12.1. The van der Waals surface area contributed by atoms with E-state index < -0.39 is 12.0 Å². The van der Waals surface area contributed by atoms with Crippen LogP contribution in [-0.4, -0.2) is 16.2 Å². The van der Waals surface area contributed by atoms with E-state index in [0.717, 1.165) is 0 Å². The average molecular weight is 221 g/mol. The topological polar surface area (TPSA) is 83.5 Å². The summed E-state index contributed by atoms with van der Waals surface area (Å²) < 4.78 is 0. The number of carboxylic acid groups (broad SMARTS) is 1. The quantitative estimate of drug-likeness (QED) is 0.659. The molecule has 86 valence electrons. The summed E-state index contributed by atoms with van der Waals surface area (Å²) >= 11 is 0. The molecule has 4 N–H and O–H groups in total. The molecule has 0 aliphatic rings. The molecule has 0 saturated carbocycles. The number of allylic oxidation sites excluding steroid dienone is 1. The van der Waals surface area contributed by atoms with Crippen molar-refractivity contribution in [1.82, 2.24) is 0 Å². The zero-order valence-corrected chi connectivity index (χ0v) is 8.89. The standard InChI is InChI=1S/C12H15NO3/c1-2-4-9-8(5-3-6-11(9)14)10(13)7-12(15)16/h2-3,5-6,10,14H,1,4,7,13H2,(H,15,16). The molecule has 0 spiro atoms. The van der Waals surface area contributed by atoms with Crippen LogP contribution in [-0.2, 0) is 11.2 Å². The van der Waals surface area contributed by atoms with E-state index >= 15 is 0 Å². The van der Waals surface area contributed by atoms with E-state index in [4.69, 9.17) is 10.8 Å². The van der Waals surface area contributed by atoms with Gasteiger partial charge in [0.05, 0.1) is 6.42 Å². The second-order valence-corrected chi connectivity index (χ2v) is 3.54. The van der Waals surface area contributed by atoms with Crippen LogP contribution in [0, 0.1) is 0 Å². The highest BCUT2D eigenvalue weighted by molar-refractivity contribution is 5.68. The van der Waals surface area contributed by atoms with Crippen molar-refractivity contribution in [2.45, 2.75) is 18.9 Å². The molecule has 1 unspecified atom stereocenters. The summed E-state index contributed by atoms with van der Waals surface area (Å²) in [6.07, 6.45) is 1.95. The highest BCUT2D eigenvalue weighted by Crippen LogP contribution is 2.27. The number of hydrogen-bond donors (Lipinski definition) is 3. The Balaban J connectivity index is 3.06. The molecule has 0 heterocycles. The molecule has 4 nitrogen and oxygen atoms in total. The molecule has 1 rings (SSSR count). The molecular weight excluding hydrogens is 206 g/mol. The van der Waals surface area contributed by atoms with Crippen molar-refractivity contribution in [1.29, 1.82) is 0 Å². The Kier molecular flexibility index (Phi) is 4.08. The highest BCUT2D eigenvalue weighted by atomic mass is 16.4. The smallest absolute Gasteiger partial charge is 0.305 e. The molecule has 1 aromatic carbocycles. The van der Waals surface area contributed by atoms with Gasteiger partial charge in [0.2, 0.25) is 0 Å². The van der Waals surface area contributed by atoms with Crippen molar-refractivity contribution >= 4 is 5.97 Å². The predicted molar refractivity (Wildman–Crippen MR) is 61.2 cm³/mol. The monoisotopic (exact) mass is 221 g/mol. The number of rotatable bonds is 5. The molecule has 0 bridgehead atoms. The minimum absolute atomic E-state index is 0.123. The molecule has 0 radical (unpaired) electrons. The highest BCUT2D eigenvalue weighted by Gasteiger charge is 2.15. The number of phenolic OH excluding ortho intramolecular Hbond substituents is 1. The van der Waals surface area contributed by atoms with Crippen LogP contribution in [0.3, 0.4) is 0 Å². The van der Waals surface area contributed by atoms with Crippen LogP contribution in [0.2, 0.25) is 0 Å². The van der Waals surface area contributed by atoms with Gasteiger partial charge in [0.1, 0.15) is 5.75 Å². The van der Waals surface area contributed by atoms with Gasteiger partial charge in [-0.25, -0.2) is 0 Å². The summed E-state index contributed by atoms with van der Waals surface area (Å²) in [5.74, 6) is -0.835. The number of carbonyl (C=O) groups is 1. The van der Waals surface area contributed by atoms with Gasteiger partial charge in [-0.15, -0.1) is 6.58 Å². The lowest BCUT2D eigenvalue weighted by molar-refractivity contribution is -0.137. The minimum atomic E-state index is -0.958. The lowest BCUT2D eigenvalue weighted by atomic mass is 9.96. The third-order valence-electron chi connectivity index (χ3n) is 2.33. The molecule has 0 amide bonds. The van der Waals surface area contributed by atoms with Crippen LogP contribution in [0.1, 0.15) is 23.6 Å². The van der Waals surface area contributed by atoms with E-state index in [1.807, 2.05) is 0 Å². The molecule has 16 heavy (non-hydrogen) atoms. The molecule has 0 aliphatic carbocycles. The molecule has 4 heteroatoms. The Morgan fingerprint density at radius 3 is 2.81 bits per heavy atom. The van der Waals surface area contributed by atoms with Crippen molar-refractivity contribution in [3.05, 3.63) is 42.0 Å². The summed E-state index contributed by atoms with van der Waals surface area (Å²) in [6, 6.07) is 4.32. The van der Waals surface area contributed by atoms with Crippen molar-refractivity contribution in [3.8, 4) is 5.75 Å². The summed E-state index contributed by atoms with van der Waals surface area (Å²) in [6.45, 7) is 3.59. The van der Waals surface area contributed by atoms with Gasteiger partial charge >= 0.3 is 5.97 Å². The maximum atomic E-state index is 10.6. The van der Waals surface area contributed by atoms with Crippen molar-refractivity contribution in [2.24, 2.45) is 5.73 Å². The Hall–Kier alpha value is -1.81. The summed E-state index contributed by atoms with van der Waals surface area (Å²) in [7, 11) is 0. The number of aromatic hydroxyl groups is 1. The first-order valence-electron chi connectivity index (χ1n) is 4.95. The van der Waals surface area contributed by atoms with E-state index in [-0.39, 0.29) is 12.2 Å². The molecule has 1 atom stereocenters. The fourth-order valence-corrected chi connectivity index (χ4v) is 1.60. The van der Waals surface area contributed by atoms with Crippen molar-refractivity contribution < 1.29 is 15.0 Å². The van der Waals surface area contributed by atoms with Crippen LogP contribution in [0.5, 0.6) is 5.75 Å². The maximum absolute atomic E-state index is 10.6. The fourth-order valence-electron chi connectivity index (χ4n) is 1.60. The SMILES string of the molecule is C=CCc1c(O)cccc1C(N)CC(=O)O. The van der Waals surface area contributed by atoms with Crippen molar-refractivity contribution in [2.75, 3.05) is 0 Å². The van der Waals surface area contributed by atoms with Gasteiger partial charge in [0.25, 0.3) is 0 Å². The third kappa shape index (κ3) is 2.84. The van der Waals surface area contributed by atoms with Gasteiger partial charge in [0.15, 0.2) is 0 Å². The van der Waals surface area contributed by atoms with Gasteiger partial charge in [-0.1, -0.05) is 18.2 Å². The second kappa shape index (κ2) is 5.32. The number of nitrogens with two attached hydrogens (primary N) is 1. The second-order valence-electron chi connectivity index (χ2n) is 3.54. The van der Waals surface area contributed by atoms with E-state index in [9.17, 15) is 9.90 Å². The Bertz CT molecular complexity index is 401. The maximum Gasteiger partial charge on any atom is 0.305 e. The van der Waals surface area contributed by atoms with E-state index in [1.54, 1.807) is 24.3 Å². The Labute approximate surface area is 94.0 Å². The largest absolute Gasteiger partial charge is 0.508 e. The number of aliphatic carboxylic acids is 1. The first kappa shape index (κ1) is 12.3. The average Bonchev–Trinajstić information content (AvgIpc) is 2.20. The fraction of sp³-hybridized carbons (Fsp3) is 0.250. The number of carboxylic acids is 1. The predicted octanol–water partition coefficient (Wildman–Crippen LogP) is 1.60. The van der Waals surface area contributed by atoms with Crippen LogP contribution in [0.15, 0.2) is 30.9 Å². The van der Waals surface area contributed by atoms with Gasteiger partial charge < -0.3 is 15.9 Å². The van der Waals surface area contributed by atoms with Gasteiger partial charge in [-0.05, 0) is 18.1 Å². The molecule has 0 aliphatic heterocycles. The lowest BCUT2D eigenvalue weighted by Gasteiger charge is -2.15. The van der Waals surface area contributed by atoms with Crippen molar-refractivity contribution in [3.63, 3.8) is 0 Å². The van der Waals surface area contributed by atoms with E-state index in [2.05, 4.69) is 6.58 Å². The number of hydrogen-bond acceptors (Lipinski definition) is 3. The molecule has 0 fully saturated rings. The zero-order valence-electron chi connectivity index (χ0n) is 8.89. The van der Waals surface area contributed by atoms with Crippen LogP contribution >= 0.6 is 0 Å². The normalized spacial score (nSPS) is 12.1. The summed E-state index contributed by atoms with van der Waals surface area (Å²) in [5, 5.41) is 18.3. The Morgan fingerprint density at radius 1 is 1.56 bits per heavy atom. The lowest BCUT2D eigenvalue weighted by Crippen LogP contribution is -2.16. The minimum Gasteiger partial charge on any atom is -0.508 e. The van der Waals surface area contributed by atoms with Gasteiger partial charge in [-0.3, -0.25) is 4.79 Å². The molecule has 0 aromatic heterocycles. The van der Waals surface area contributed by atoms with Crippen LogP contribution in [0.4, 0.5) is 0 Å².